The van der Waals surface area contributed by atoms with Crippen molar-refractivity contribution >= 4 is 46.4 Å². The molecule has 2 N–H and O–H groups in total. The van der Waals surface area contributed by atoms with E-state index in [1.54, 1.807) is 0 Å². The molecule has 192 valence electrons. The Morgan fingerprint density at radius 1 is 1.03 bits per heavy atom. The lowest BCUT2D eigenvalue weighted by Crippen LogP contribution is -2.54. The molecule has 0 atom stereocenters. The van der Waals surface area contributed by atoms with Crippen molar-refractivity contribution < 1.29 is 50.5 Å². The third-order valence-corrected chi connectivity index (χ3v) is 7.22. The van der Waals surface area contributed by atoms with Gasteiger partial charge in [0.05, 0.1) is 14.9 Å². The van der Waals surface area contributed by atoms with Gasteiger partial charge in [0.2, 0.25) is 5.01 Å². The molecular formula is C19H13Cl2F7N2O4S. The fourth-order valence-electron chi connectivity index (χ4n) is 3.41. The number of nitrogens with zero attached hydrogens (tertiary/aromatic N) is 2. The summed E-state index contributed by atoms with van der Waals surface area (Å²) in [5.74, 6) is -2.41. The van der Waals surface area contributed by atoms with Gasteiger partial charge in [0.1, 0.15) is 11.9 Å². The van der Waals surface area contributed by atoms with Crippen LogP contribution in [0.25, 0.3) is 10.4 Å². The zero-order valence-corrected chi connectivity index (χ0v) is 19.3. The van der Waals surface area contributed by atoms with Gasteiger partial charge in [0, 0.05) is 24.2 Å². The molecule has 0 bridgehead atoms. The number of piperidine rings is 1. The van der Waals surface area contributed by atoms with Gasteiger partial charge in [-0.05, 0) is 12.8 Å². The summed E-state index contributed by atoms with van der Waals surface area (Å²) in [5.41, 5.74) is -8.07. The number of hydrogen-bond acceptors (Lipinski definition) is 5. The number of aromatic carboxylic acids is 1. The van der Waals surface area contributed by atoms with Gasteiger partial charge in [-0.2, -0.15) is 26.3 Å². The Kier molecular flexibility index (Phi) is 7.35. The molecule has 1 aromatic heterocycles. The number of thiazole rings is 1. The molecule has 35 heavy (non-hydrogen) atoms. The number of carboxylic acids is 1. The molecule has 1 amide bonds. The summed E-state index contributed by atoms with van der Waals surface area (Å²) < 4.78 is 93.2. The average Bonchev–Trinajstić information content (AvgIpc) is 3.19. The van der Waals surface area contributed by atoms with Crippen molar-refractivity contribution in [1.29, 1.82) is 0 Å². The van der Waals surface area contributed by atoms with E-state index < -0.39 is 62.3 Å². The lowest BCUT2D eigenvalue weighted by Gasteiger charge is -2.33. The zero-order valence-electron chi connectivity index (χ0n) is 17.0. The molecule has 1 aliphatic heterocycles. The third kappa shape index (κ3) is 4.80. The fraction of sp³-hybridized carbons (Fsp3) is 0.421. The molecule has 2 aromatic rings. The Morgan fingerprint density at radius 2 is 1.57 bits per heavy atom. The van der Waals surface area contributed by atoms with Crippen molar-refractivity contribution in [2.75, 3.05) is 13.1 Å². The lowest BCUT2D eigenvalue weighted by atomic mass is 9.91. The Balaban J connectivity index is 2.17. The molecule has 3 rings (SSSR count). The molecule has 0 saturated carbocycles. The fourth-order valence-corrected chi connectivity index (χ4v) is 4.95. The number of aliphatic hydroxyl groups is 1. The maximum Gasteiger partial charge on any atom is 0.430 e. The smallest absolute Gasteiger partial charge is 0.430 e. The van der Waals surface area contributed by atoms with E-state index in [0.717, 1.165) is 0 Å². The summed E-state index contributed by atoms with van der Waals surface area (Å²) in [6.45, 7) is -0.0615. The van der Waals surface area contributed by atoms with Crippen LogP contribution in [0.3, 0.4) is 0 Å². The van der Waals surface area contributed by atoms with Gasteiger partial charge in [-0.3, -0.25) is 4.79 Å². The molecule has 1 aromatic carbocycles. The van der Waals surface area contributed by atoms with Crippen LogP contribution in [0.4, 0.5) is 30.7 Å². The summed E-state index contributed by atoms with van der Waals surface area (Å²) in [7, 11) is 0. The first kappa shape index (κ1) is 27.4. The highest BCUT2D eigenvalue weighted by Gasteiger charge is 2.72. The van der Waals surface area contributed by atoms with Gasteiger partial charge in [-0.1, -0.05) is 35.3 Å². The van der Waals surface area contributed by atoms with Crippen molar-refractivity contribution in [2.24, 2.45) is 0 Å². The second-order valence-corrected chi connectivity index (χ2v) is 9.22. The molecule has 16 heteroatoms. The van der Waals surface area contributed by atoms with Gasteiger partial charge in [0.15, 0.2) is 0 Å². The number of halogens is 9. The van der Waals surface area contributed by atoms with E-state index >= 15 is 0 Å². The van der Waals surface area contributed by atoms with E-state index in [-0.39, 0.29) is 42.4 Å². The quantitative estimate of drug-likeness (QED) is 0.462. The van der Waals surface area contributed by atoms with E-state index in [9.17, 15) is 50.5 Å². The first-order valence-corrected chi connectivity index (χ1v) is 11.1. The van der Waals surface area contributed by atoms with E-state index in [1.807, 2.05) is 0 Å². The minimum absolute atomic E-state index is 0.00570. The van der Waals surface area contributed by atoms with Crippen LogP contribution in [0.2, 0.25) is 10.0 Å². The summed E-state index contributed by atoms with van der Waals surface area (Å²) in [4.78, 5) is 29.0. The molecule has 1 saturated heterocycles. The minimum atomic E-state index is -6.23. The van der Waals surface area contributed by atoms with Crippen LogP contribution >= 0.6 is 34.5 Å². The Hall–Kier alpha value is -2.16. The Morgan fingerprint density at radius 3 is 2.06 bits per heavy atom. The number of alkyl halides is 7. The number of carboxylic acid groups (broad SMARTS) is 1. The van der Waals surface area contributed by atoms with Crippen LogP contribution in [0, 0.1) is 0 Å². The summed E-state index contributed by atoms with van der Waals surface area (Å²) in [5, 5.41) is 16.1. The topological polar surface area (TPSA) is 90.7 Å². The van der Waals surface area contributed by atoms with E-state index in [2.05, 4.69) is 4.98 Å². The molecular weight excluding hydrogens is 556 g/mol. The predicted octanol–water partition coefficient (Wildman–Crippen LogP) is 5.70. The first-order chi connectivity index (χ1) is 16.0. The highest BCUT2D eigenvalue weighted by molar-refractivity contribution is 7.17. The van der Waals surface area contributed by atoms with Crippen LogP contribution in [0.15, 0.2) is 12.1 Å². The van der Waals surface area contributed by atoms with E-state index in [4.69, 9.17) is 23.2 Å². The summed E-state index contributed by atoms with van der Waals surface area (Å²) in [6, 6.07) is 0.864. The van der Waals surface area contributed by atoms with Gasteiger partial charge in [-0.15, -0.1) is 11.3 Å². The highest BCUT2D eigenvalue weighted by Crippen LogP contribution is 2.54. The third-order valence-electron chi connectivity index (χ3n) is 5.26. The molecule has 1 fully saturated rings. The number of amides is 1. The number of hydrogen-bond donors (Lipinski definition) is 2. The van der Waals surface area contributed by atoms with Crippen molar-refractivity contribution in [3.8, 4) is 10.4 Å². The lowest BCUT2D eigenvalue weighted by molar-refractivity contribution is -0.376. The minimum Gasteiger partial charge on any atom is -0.476 e. The second-order valence-electron chi connectivity index (χ2n) is 7.46. The molecule has 0 radical (unpaired) electrons. The molecule has 1 aliphatic rings. The number of rotatable bonds is 4. The standard InChI is InChI=1S/C19H13Cl2F7N2O4S/c20-10-8(1-2-9(11(10)21)17(34,18(23,24)25)19(26,27)28)13-12(29-14(35-13)16(32)33)15(31)30-5-3-7(22)4-6-30/h1-2,7,34H,3-6H2,(H,32,33). The largest absolute Gasteiger partial charge is 0.476 e. The first-order valence-electron chi connectivity index (χ1n) is 9.52. The van der Waals surface area contributed by atoms with Gasteiger partial charge in [-0.25, -0.2) is 14.2 Å². The predicted molar refractivity (Wildman–Crippen MR) is 111 cm³/mol. The maximum atomic E-state index is 13.4. The van der Waals surface area contributed by atoms with Gasteiger partial charge in [0.25, 0.3) is 11.5 Å². The number of benzene rings is 1. The Labute approximate surface area is 205 Å². The molecule has 6 nitrogen and oxygen atoms in total. The summed E-state index contributed by atoms with van der Waals surface area (Å²) >= 11 is 12.1. The highest BCUT2D eigenvalue weighted by atomic mass is 35.5. The zero-order chi connectivity index (χ0) is 26.5. The van der Waals surface area contributed by atoms with Crippen molar-refractivity contribution in [3.63, 3.8) is 0 Å². The van der Waals surface area contributed by atoms with E-state index in [1.165, 1.54) is 4.90 Å². The number of likely N-dealkylation sites (tertiary alicyclic amines) is 1. The maximum absolute atomic E-state index is 13.4. The van der Waals surface area contributed by atoms with Crippen molar-refractivity contribution in [1.82, 2.24) is 9.88 Å². The van der Waals surface area contributed by atoms with E-state index in [0.29, 0.717) is 17.4 Å². The Bertz CT molecular complexity index is 1150. The molecule has 0 aliphatic carbocycles. The molecule has 0 unspecified atom stereocenters. The monoisotopic (exact) mass is 568 g/mol. The number of aromatic nitrogens is 1. The van der Waals surface area contributed by atoms with Crippen LogP contribution in [0.1, 0.15) is 38.7 Å². The van der Waals surface area contributed by atoms with Crippen LogP contribution in [0.5, 0.6) is 0 Å². The summed E-state index contributed by atoms with van der Waals surface area (Å²) in [6.07, 6.45) is -13.6. The molecule has 2 heterocycles. The number of carbonyl (C=O) groups excluding carboxylic acids is 1. The molecule has 0 spiro atoms. The second kappa shape index (κ2) is 9.37. The van der Waals surface area contributed by atoms with Crippen molar-refractivity contribution in [3.05, 3.63) is 38.4 Å². The number of carbonyl (C=O) groups is 2. The average molecular weight is 569 g/mol. The normalized spacial score (nSPS) is 16.0. The van der Waals surface area contributed by atoms with Crippen molar-refractivity contribution in [2.45, 2.75) is 37.0 Å². The van der Waals surface area contributed by atoms with Crippen LogP contribution in [-0.2, 0) is 5.60 Å². The van der Waals surface area contributed by atoms with Crippen LogP contribution in [-0.4, -0.2) is 63.6 Å². The van der Waals surface area contributed by atoms with Gasteiger partial charge < -0.3 is 15.1 Å². The van der Waals surface area contributed by atoms with Gasteiger partial charge >= 0.3 is 18.3 Å². The van der Waals surface area contributed by atoms with Crippen LogP contribution < -0.4 is 0 Å². The SMILES string of the molecule is O=C(O)c1nc(C(=O)N2CCC(F)CC2)c(-c2ccc(C(O)(C(F)(F)F)C(F)(F)F)c(Cl)c2Cl)s1.